The van der Waals surface area contributed by atoms with Crippen LogP contribution in [0, 0.1) is 0 Å². The Labute approximate surface area is 83.8 Å². The molecular formula is C6H8ClN3O2S. The summed E-state index contributed by atoms with van der Waals surface area (Å²) in [4.78, 5) is 15.2. The summed E-state index contributed by atoms with van der Waals surface area (Å²) in [7, 11) is 0. The van der Waals surface area contributed by atoms with E-state index in [9.17, 15) is 4.79 Å². The van der Waals surface area contributed by atoms with Gasteiger partial charge in [0.15, 0.2) is 15.2 Å². The number of halogens is 1. The molecule has 0 saturated heterocycles. The standard InChI is InChI=1S/C6H8ClN3O2S/c1-2-12-5(11)3-4(7)9-6(10-8)13-3/h2,8H2,1H3,(H,9,10). The summed E-state index contributed by atoms with van der Waals surface area (Å²) in [5.74, 6) is 4.61. The molecule has 5 nitrogen and oxygen atoms in total. The number of ether oxygens (including phenoxy) is 1. The average molecular weight is 222 g/mol. The first-order chi connectivity index (χ1) is 6.19. The van der Waals surface area contributed by atoms with Gasteiger partial charge in [0, 0.05) is 0 Å². The van der Waals surface area contributed by atoms with Crippen molar-refractivity contribution in [2.45, 2.75) is 6.92 Å². The van der Waals surface area contributed by atoms with Crippen molar-refractivity contribution < 1.29 is 9.53 Å². The summed E-state index contributed by atoms with van der Waals surface area (Å²) in [6, 6.07) is 0. The van der Waals surface area contributed by atoms with Gasteiger partial charge in [0.2, 0.25) is 0 Å². The molecule has 0 fully saturated rings. The molecule has 0 saturated carbocycles. The number of anilines is 1. The number of hydrazine groups is 1. The normalized spacial score (nSPS) is 9.77. The van der Waals surface area contributed by atoms with E-state index in [1.54, 1.807) is 6.92 Å². The predicted octanol–water partition coefficient (Wildman–Crippen LogP) is 1.26. The fraction of sp³-hybridized carbons (Fsp3) is 0.333. The molecule has 1 aromatic rings. The van der Waals surface area contributed by atoms with Crippen LogP contribution in [0.1, 0.15) is 16.6 Å². The molecule has 0 atom stereocenters. The van der Waals surface area contributed by atoms with Gasteiger partial charge >= 0.3 is 5.97 Å². The van der Waals surface area contributed by atoms with Gasteiger partial charge in [-0.25, -0.2) is 15.6 Å². The van der Waals surface area contributed by atoms with Crippen LogP contribution < -0.4 is 11.3 Å². The summed E-state index contributed by atoms with van der Waals surface area (Å²) in [6.45, 7) is 2.02. The third-order valence-corrected chi connectivity index (χ3v) is 2.52. The van der Waals surface area contributed by atoms with Gasteiger partial charge in [-0.15, -0.1) is 0 Å². The Morgan fingerprint density at radius 2 is 2.54 bits per heavy atom. The van der Waals surface area contributed by atoms with Crippen molar-refractivity contribution in [3.05, 3.63) is 10.0 Å². The summed E-state index contributed by atoms with van der Waals surface area (Å²) < 4.78 is 4.75. The minimum Gasteiger partial charge on any atom is -0.462 e. The van der Waals surface area contributed by atoms with Gasteiger partial charge < -0.3 is 4.74 Å². The minimum absolute atomic E-state index is 0.108. The summed E-state index contributed by atoms with van der Waals surface area (Å²) in [5.41, 5.74) is 2.30. The summed E-state index contributed by atoms with van der Waals surface area (Å²) in [6.07, 6.45) is 0. The number of carbonyl (C=O) groups excluding carboxylic acids is 1. The lowest BCUT2D eigenvalue weighted by Gasteiger charge is -1.96. The number of carbonyl (C=O) groups is 1. The second-order valence-corrected chi connectivity index (χ2v) is 3.36. The highest BCUT2D eigenvalue weighted by Crippen LogP contribution is 2.26. The van der Waals surface area contributed by atoms with E-state index in [0.717, 1.165) is 11.3 Å². The molecule has 0 aliphatic heterocycles. The number of aromatic nitrogens is 1. The lowest BCUT2D eigenvalue weighted by Crippen LogP contribution is -2.05. The quantitative estimate of drug-likeness (QED) is 0.457. The first-order valence-electron chi connectivity index (χ1n) is 3.49. The van der Waals surface area contributed by atoms with Crippen molar-refractivity contribution in [1.82, 2.24) is 4.98 Å². The maximum Gasteiger partial charge on any atom is 0.351 e. The molecule has 1 rings (SSSR count). The highest BCUT2D eigenvalue weighted by atomic mass is 35.5. The van der Waals surface area contributed by atoms with Crippen molar-refractivity contribution in [2.24, 2.45) is 5.84 Å². The molecule has 0 aliphatic carbocycles. The van der Waals surface area contributed by atoms with Gasteiger partial charge in [-0.3, -0.25) is 5.43 Å². The van der Waals surface area contributed by atoms with Crippen LogP contribution >= 0.6 is 22.9 Å². The Morgan fingerprint density at radius 3 is 3.00 bits per heavy atom. The molecule has 0 aliphatic rings. The largest absolute Gasteiger partial charge is 0.462 e. The van der Waals surface area contributed by atoms with Crippen LogP contribution in [-0.2, 0) is 4.74 Å². The number of esters is 1. The molecule has 3 N–H and O–H groups in total. The SMILES string of the molecule is CCOC(=O)c1sc(NN)nc1Cl. The van der Waals surface area contributed by atoms with Gasteiger partial charge in [0.05, 0.1) is 6.61 Å². The Kier molecular flexibility index (Phi) is 3.47. The molecule has 0 bridgehead atoms. The number of nitrogens with zero attached hydrogens (tertiary/aromatic N) is 1. The number of thiazole rings is 1. The van der Waals surface area contributed by atoms with Gasteiger partial charge in [-0.05, 0) is 6.92 Å². The van der Waals surface area contributed by atoms with Gasteiger partial charge in [0.25, 0.3) is 0 Å². The molecule has 0 spiro atoms. The van der Waals surface area contributed by atoms with E-state index in [4.69, 9.17) is 22.2 Å². The molecule has 1 aromatic heterocycles. The number of nitrogens with one attached hydrogen (secondary N) is 1. The van der Waals surface area contributed by atoms with Gasteiger partial charge in [-0.1, -0.05) is 22.9 Å². The van der Waals surface area contributed by atoms with Crippen molar-refractivity contribution >= 4 is 34.0 Å². The van der Waals surface area contributed by atoms with Gasteiger partial charge in [-0.2, -0.15) is 0 Å². The highest BCUT2D eigenvalue weighted by molar-refractivity contribution is 7.18. The van der Waals surface area contributed by atoms with Crippen LogP contribution in [0.4, 0.5) is 5.13 Å². The first-order valence-corrected chi connectivity index (χ1v) is 4.68. The zero-order valence-electron chi connectivity index (χ0n) is 6.83. The Balaban J connectivity index is 2.87. The van der Waals surface area contributed by atoms with Crippen molar-refractivity contribution in [3.63, 3.8) is 0 Å². The van der Waals surface area contributed by atoms with E-state index in [0.29, 0.717) is 11.7 Å². The van der Waals surface area contributed by atoms with Crippen molar-refractivity contribution in [3.8, 4) is 0 Å². The average Bonchev–Trinajstić information content (AvgIpc) is 2.47. The molecule has 0 aromatic carbocycles. The number of nitrogen functional groups attached to an aromatic ring is 1. The molecule has 72 valence electrons. The zero-order chi connectivity index (χ0) is 9.84. The second kappa shape index (κ2) is 4.40. The van der Waals surface area contributed by atoms with E-state index >= 15 is 0 Å². The van der Waals surface area contributed by atoms with Crippen LogP contribution in [0.2, 0.25) is 5.15 Å². The first kappa shape index (κ1) is 10.2. The molecule has 0 radical (unpaired) electrons. The van der Waals surface area contributed by atoms with Crippen molar-refractivity contribution in [2.75, 3.05) is 12.0 Å². The smallest absolute Gasteiger partial charge is 0.351 e. The second-order valence-electron chi connectivity index (χ2n) is 2.00. The van der Waals surface area contributed by atoms with Crippen LogP contribution in [-0.4, -0.2) is 17.6 Å². The zero-order valence-corrected chi connectivity index (χ0v) is 8.41. The van der Waals surface area contributed by atoms with E-state index in [1.165, 1.54) is 0 Å². The molecule has 0 unspecified atom stereocenters. The lowest BCUT2D eigenvalue weighted by atomic mass is 10.5. The Hall–Kier alpha value is -0.850. The Bertz CT molecular complexity index is 315. The monoisotopic (exact) mass is 221 g/mol. The Morgan fingerprint density at radius 1 is 1.85 bits per heavy atom. The van der Waals surface area contributed by atoms with Crippen LogP contribution in [0.5, 0.6) is 0 Å². The van der Waals surface area contributed by atoms with Gasteiger partial charge in [0.1, 0.15) is 0 Å². The molecule has 1 heterocycles. The summed E-state index contributed by atoms with van der Waals surface area (Å²) in [5, 5.41) is 0.490. The van der Waals surface area contributed by atoms with E-state index in [1.807, 2.05) is 0 Å². The molecule has 7 heteroatoms. The third-order valence-electron chi connectivity index (χ3n) is 1.17. The topological polar surface area (TPSA) is 77.2 Å². The molecule has 0 amide bonds. The minimum atomic E-state index is -0.480. The summed E-state index contributed by atoms with van der Waals surface area (Å²) >= 11 is 6.71. The fourth-order valence-electron chi connectivity index (χ4n) is 0.686. The van der Waals surface area contributed by atoms with Crippen LogP contribution in [0.15, 0.2) is 0 Å². The van der Waals surface area contributed by atoms with E-state index < -0.39 is 5.97 Å². The fourth-order valence-corrected chi connectivity index (χ4v) is 1.67. The van der Waals surface area contributed by atoms with Crippen LogP contribution in [0.25, 0.3) is 0 Å². The predicted molar refractivity (Wildman–Crippen MR) is 50.9 cm³/mol. The third kappa shape index (κ3) is 2.30. The molecular weight excluding hydrogens is 214 g/mol. The number of nitrogens with two attached hydrogens (primary N) is 1. The van der Waals surface area contributed by atoms with E-state index in [-0.39, 0.29) is 10.0 Å². The maximum absolute atomic E-state index is 11.2. The van der Waals surface area contributed by atoms with Crippen LogP contribution in [0.3, 0.4) is 0 Å². The number of hydrogen-bond acceptors (Lipinski definition) is 6. The van der Waals surface area contributed by atoms with E-state index in [2.05, 4.69) is 10.4 Å². The van der Waals surface area contributed by atoms with Crippen molar-refractivity contribution in [1.29, 1.82) is 0 Å². The lowest BCUT2D eigenvalue weighted by molar-refractivity contribution is 0.0532. The maximum atomic E-state index is 11.2. The molecule has 13 heavy (non-hydrogen) atoms. The number of rotatable bonds is 3. The number of hydrogen-bond donors (Lipinski definition) is 2. The highest BCUT2D eigenvalue weighted by Gasteiger charge is 2.17.